The lowest BCUT2D eigenvalue weighted by molar-refractivity contribution is 0.0527. The Labute approximate surface area is 171 Å². The minimum atomic E-state index is -0.497. The van der Waals surface area contributed by atoms with Crippen molar-refractivity contribution in [3.05, 3.63) is 72.4 Å². The third-order valence-electron chi connectivity index (χ3n) is 4.58. The number of rotatable bonds is 5. The van der Waals surface area contributed by atoms with E-state index in [4.69, 9.17) is 9.15 Å². The van der Waals surface area contributed by atoms with Crippen molar-refractivity contribution in [2.45, 2.75) is 6.92 Å². The number of aromatic nitrogens is 4. The SMILES string of the molecule is CCOC(=O)c1cnn(-c2ccc3ccccc3n2)c1Nc1nc2ccccc2o1. The number of nitrogens with zero attached hydrogens (tertiary/aromatic N) is 4. The fraction of sp³-hybridized carbons (Fsp3) is 0.0909. The molecule has 0 unspecified atom stereocenters. The zero-order valence-electron chi connectivity index (χ0n) is 16.1. The highest BCUT2D eigenvalue weighted by molar-refractivity contribution is 5.95. The number of benzene rings is 2. The predicted octanol–water partition coefficient (Wildman–Crippen LogP) is 4.48. The van der Waals surface area contributed by atoms with Gasteiger partial charge in [-0.3, -0.25) is 5.32 Å². The van der Waals surface area contributed by atoms with E-state index in [2.05, 4.69) is 20.4 Å². The lowest BCUT2D eigenvalue weighted by Crippen LogP contribution is -2.10. The Morgan fingerprint density at radius 2 is 1.83 bits per heavy atom. The topological polar surface area (TPSA) is 95.1 Å². The van der Waals surface area contributed by atoms with E-state index in [1.807, 2.05) is 60.7 Å². The lowest BCUT2D eigenvalue weighted by atomic mass is 10.2. The molecule has 8 nitrogen and oxygen atoms in total. The van der Waals surface area contributed by atoms with Crippen molar-refractivity contribution in [3.8, 4) is 5.82 Å². The Balaban J connectivity index is 1.62. The van der Waals surface area contributed by atoms with Crippen LogP contribution >= 0.6 is 0 Å². The first kappa shape index (κ1) is 17.9. The highest BCUT2D eigenvalue weighted by Crippen LogP contribution is 2.27. The molecule has 0 spiro atoms. The van der Waals surface area contributed by atoms with Gasteiger partial charge >= 0.3 is 12.0 Å². The molecule has 0 saturated carbocycles. The van der Waals surface area contributed by atoms with Crippen molar-refractivity contribution in [3.63, 3.8) is 0 Å². The smallest absolute Gasteiger partial charge is 0.343 e. The van der Waals surface area contributed by atoms with Crippen molar-refractivity contribution >= 4 is 39.8 Å². The van der Waals surface area contributed by atoms with E-state index in [0.717, 1.165) is 10.9 Å². The molecule has 2 aromatic carbocycles. The average molecular weight is 399 g/mol. The summed E-state index contributed by atoms with van der Waals surface area (Å²) in [5.74, 6) is 0.411. The van der Waals surface area contributed by atoms with Crippen molar-refractivity contribution < 1.29 is 13.9 Å². The fourth-order valence-corrected chi connectivity index (χ4v) is 3.20. The van der Waals surface area contributed by atoms with Crippen LogP contribution in [0.3, 0.4) is 0 Å². The first-order chi connectivity index (χ1) is 14.7. The number of ether oxygens (including phenoxy) is 1. The van der Waals surface area contributed by atoms with Gasteiger partial charge in [-0.1, -0.05) is 30.3 Å². The standard InChI is InChI=1S/C22H17N5O3/c1-2-29-21(28)15-13-23-27(19-12-11-14-7-3-4-8-16(14)24-19)20(15)26-22-25-17-9-5-6-10-18(17)30-22/h3-13H,2H2,1H3,(H,25,26). The summed E-state index contributed by atoms with van der Waals surface area (Å²) in [6.45, 7) is 2.00. The molecule has 0 atom stereocenters. The molecule has 3 aromatic heterocycles. The third-order valence-corrected chi connectivity index (χ3v) is 4.58. The van der Waals surface area contributed by atoms with Gasteiger partial charge in [0.2, 0.25) is 0 Å². The number of anilines is 2. The van der Waals surface area contributed by atoms with Gasteiger partial charge in [-0.15, -0.1) is 0 Å². The molecule has 5 aromatic rings. The zero-order valence-corrected chi connectivity index (χ0v) is 16.1. The van der Waals surface area contributed by atoms with Crippen LogP contribution in [-0.2, 0) is 4.74 Å². The van der Waals surface area contributed by atoms with Crippen LogP contribution in [0.15, 0.2) is 71.3 Å². The summed E-state index contributed by atoms with van der Waals surface area (Å²) in [6, 6.07) is 19.2. The van der Waals surface area contributed by atoms with E-state index in [9.17, 15) is 4.79 Å². The quantitative estimate of drug-likeness (QED) is 0.435. The van der Waals surface area contributed by atoms with Gasteiger partial charge in [-0.05, 0) is 37.3 Å². The van der Waals surface area contributed by atoms with E-state index in [0.29, 0.717) is 22.7 Å². The van der Waals surface area contributed by atoms with Crippen LogP contribution in [0, 0.1) is 0 Å². The highest BCUT2D eigenvalue weighted by atomic mass is 16.5. The van der Waals surface area contributed by atoms with Crippen molar-refractivity contribution in [2.75, 3.05) is 11.9 Å². The second kappa shape index (κ2) is 7.32. The van der Waals surface area contributed by atoms with Crippen LogP contribution in [0.4, 0.5) is 11.8 Å². The molecule has 0 amide bonds. The molecule has 148 valence electrons. The van der Waals surface area contributed by atoms with E-state index in [1.54, 1.807) is 6.92 Å². The minimum Gasteiger partial charge on any atom is -0.462 e. The molecule has 0 saturated heterocycles. The fourth-order valence-electron chi connectivity index (χ4n) is 3.20. The molecule has 1 N–H and O–H groups in total. The maximum Gasteiger partial charge on any atom is 0.343 e. The summed E-state index contributed by atoms with van der Waals surface area (Å²) in [5.41, 5.74) is 2.41. The van der Waals surface area contributed by atoms with Crippen LogP contribution in [0.2, 0.25) is 0 Å². The van der Waals surface area contributed by atoms with Crippen molar-refractivity contribution in [1.29, 1.82) is 0 Å². The Hall–Kier alpha value is -4.20. The maximum atomic E-state index is 12.5. The molecule has 0 fully saturated rings. The first-order valence-corrected chi connectivity index (χ1v) is 9.47. The highest BCUT2D eigenvalue weighted by Gasteiger charge is 2.22. The number of fused-ring (bicyclic) bond motifs is 2. The number of nitrogens with one attached hydrogen (secondary N) is 1. The maximum absolute atomic E-state index is 12.5. The molecular formula is C22H17N5O3. The monoisotopic (exact) mass is 399 g/mol. The number of pyridine rings is 1. The molecule has 0 aliphatic rings. The molecule has 0 aliphatic heterocycles. The average Bonchev–Trinajstić information content (AvgIpc) is 3.37. The van der Waals surface area contributed by atoms with Crippen molar-refractivity contribution in [1.82, 2.24) is 19.7 Å². The van der Waals surface area contributed by atoms with Crippen LogP contribution in [-0.4, -0.2) is 32.3 Å². The van der Waals surface area contributed by atoms with Gasteiger partial charge in [0.15, 0.2) is 17.2 Å². The normalized spacial score (nSPS) is 11.1. The van der Waals surface area contributed by atoms with Gasteiger partial charge in [-0.25, -0.2) is 9.78 Å². The molecule has 0 aliphatic carbocycles. The van der Waals surface area contributed by atoms with Gasteiger partial charge in [0.05, 0.1) is 18.3 Å². The molecule has 8 heteroatoms. The number of hydrogen-bond donors (Lipinski definition) is 1. The van der Waals surface area contributed by atoms with Gasteiger partial charge in [0.25, 0.3) is 0 Å². The molecular weight excluding hydrogens is 382 g/mol. The minimum absolute atomic E-state index is 0.240. The number of para-hydroxylation sites is 3. The summed E-state index contributed by atoms with van der Waals surface area (Å²) < 4.78 is 12.5. The summed E-state index contributed by atoms with van der Waals surface area (Å²) in [6.07, 6.45) is 1.44. The summed E-state index contributed by atoms with van der Waals surface area (Å²) >= 11 is 0. The molecule has 5 rings (SSSR count). The Kier molecular flexibility index (Phi) is 4.36. The van der Waals surface area contributed by atoms with E-state index in [1.165, 1.54) is 10.9 Å². The molecule has 3 heterocycles. The summed E-state index contributed by atoms with van der Waals surface area (Å²) in [5, 5.41) is 8.45. The number of hydrogen-bond acceptors (Lipinski definition) is 7. The van der Waals surface area contributed by atoms with Gasteiger partial charge < -0.3 is 9.15 Å². The Bertz CT molecular complexity index is 1340. The van der Waals surface area contributed by atoms with Gasteiger partial charge in [0.1, 0.15) is 11.1 Å². The van der Waals surface area contributed by atoms with E-state index in [-0.39, 0.29) is 18.2 Å². The second-order valence-electron chi connectivity index (χ2n) is 6.51. The number of esters is 1. The summed E-state index contributed by atoms with van der Waals surface area (Å²) in [4.78, 5) is 21.6. The molecule has 30 heavy (non-hydrogen) atoms. The van der Waals surface area contributed by atoms with Gasteiger partial charge in [0, 0.05) is 5.39 Å². The lowest BCUT2D eigenvalue weighted by Gasteiger charge is -2.09. The predicted molar refractivity (Wildman–Crippen MR) is 112 cm³/mol. The largest absolute Gasteiger partial charge is 0.462 e. The summed E-state index contributed by atoms with van der Waals surface area (Å²) in [7, 11) is 0. The number of oxazole rings is 1. The van der Waals surface area contributed by atoms with Gasteiger partial charge in [-0.2, -0.15) is 14.8 Å². The third kappa shape index (κ3) is 3.14. The second-order valence-corrected chi connectivity index (χ2v) is 6.51. The number of carbonyl (C=O) groups excluding carboxylic acids is 1. The van der Waals surface area contributed by atoms with Crippen LogP contribution in [0.1, 0.15) is 17.3 Å². The Morgan fingerprint density at radius 1 is 1.03 bits per heavy atom. The van der Waals surface area contributed by atoms with Crippen LogP contribution in [0.5, 0.6) is 0 Å². The Morgan fingerprint density at radius 3 is 2.67 bits per heavy atom. The van der Waals surface area contributed by atoms with E-state index < -0.39 is 5.97 Å². The van der Waals surface area contributed by atoms with Crippen LogP contribution < -0.4 is 5.32 Å². The van der Waals surface area contributed by atoms with E-state index >= 15 is 0 Å². The van der Waals surface area contributed by atoms with Crippen LogP contribution in [0.25, 0.3) is 27.8 Å². The van der Waals surface area contributed by atoms with Crippen molar-refractivity contribution in [2.24, 2.45) is 0 Å². The zero-order chi connectivity index (χ0) is 20.5. The molecule has 0 bridgehead atoms. The molecule has 0 radical (unpaired) electrons. The number of carbonyl (C=O) groups is 1. The first-order valence-electron chi connectivity index (χ1n) is 9.47.